The molecule has 2 aromatic rings. The molecule has 2 heterocycles. The average Bonchev–Trinajstić information content (AvgIpc) is 2.93. The second-order valence-corrected chi connectivity index (χ2v) is 8.57. The van der Waals surface area contributed by atoms with Gasteiger partial charge in [-0.05, 0) is 31.0 Å². The van der Waals surface area contributed by atoms with Crippen LogP contribution in [0.2, 0.25) is 0 Å². The first-order chi connectivity index (χ1) is 11.9. The number of amides is 1. The van der Waals surface area contributed by atoms with Gasteiger partial charge in [0.05, 0.1) is 23.4 Å². The maximum Gasteiger partial charge on any atom is 0.270 e. The fraction of sp³-hybridized carbons (Fsp3) is 0.333. The quantitative estimate of drug-likeness (QED) is 0.851. The van der Waals surface area contributed by atoms with Gasteiger partial charge in [0.1, 0.15) is 5.69 Å². The molecule has 1 unspecified atom stereocenters. The highest BCUT2D eigenvalue weighted by Crippen LogP contribution is 2.13. The predicted molar refractivity (Wildman–Crippen MR) is 97.3 cm³/mol. The third kappa shape index (κ3) is 4.79. The highest BCUT2D eigenvalue weighted by Gasteiger charge is 2.29. The van der Waals surface area contributed by atoms with Gasteiger partial charge in [0, 0.05) is 12.6 Å². The number of rotatable bonds is 5. The van der Waals surface area contributed by atoms with Crippen LogP contribution in [0.3, 0.4) is 0 Å². The highest BCUT2D eigenvalue weighted by atomic mass is 32.2. The molecule has 1 aromatic carbocycles. The molecule has 0 radical (unpaired) electrons. The first-order valence-corrected chi connectivity index (χ1v) is 10.0. The third-order valence-corrected chi connectivity index (χ3v) is 5.95. The Labute approximate surface area is 147 Å². The molecular weight excluding hydrogens is 338 g/mol. The first kappa shape index (κ1) is 17.4. The number of hydrogen-bond acceptors (Lipinski definition) is 5. The second kappa shape index (κ2) is 7.23. The molecule has 25 heavy (non-hydrogen) atoms. The van der Waals surface area contributed by atoms with Gasteiger partial charge in [-0.25, -0.2) is 13.4 Å². The van der Waals surface area contributed by atoms with E-state index in [-0.39, 0.29) is 29.1 Å². The summed E-state index contributed by atoms with van der Waals surface area (Å²) in [6.07, 6.45) is 2.07. The fourth-order valence-corrected chi connectivity index (χ4v) is 4.38. The van der Waals surface area contributed by atoms with Gasteiger partial charge in [0.25, 0.3) is 5.91 Å². The Morgan fingerprint density at radius 2 is 1.96 bits per heavy atom. The lowest BCUT2D eigenvalue weighted by Gasteiger charge is -2.11. The van der Waals surface area contributed by atoms with Gasteiger partial charge in [-0.15, -0.1) is 0 Å². The Morgan fingerprint density at radius 1 is 1.20 bits per heavy atom. The molecule has 2 N–H and O–H groups in total. The van der Waals surface area contributed by atoms with Gasteiger partial charge in [-0.3, -0.25) is 4.79 Å². The summed E-state index contributed by atoms with van der Waals surface area (Å²) in [5, 5.41) is 5.99. The number of anilines is 1. The number of aryl methyl sites for hydroxylation is 1. The van der Waals surface area contributed by atoms with Gasteiger partial charge < -0.3 is 10.6 Å². The topological polar surface area (TPSA) is 88.2 Å². The van der Waals surface area contributed by atoms with Crippen LogP contribution in [-0.2, 0) is 16.4 Å². The van der Waals surface area contributed by atoms with E-state index in [1.165, 1.54) is 5.56 Å². The summed E-state index contributed by atoms with van der Waals surface area (Å²) in [7, 11) is -3.01. The number of aromatic nitrogens is 1. The minimum absolute atomic E-state index is 0.00886. The van der Waals surface area contributed by atoms with E-state index in [0.29, 0.717) is 13.0 Å². The number of nitrogens with zero attached hydrogens (tertiary/aromatic N) is 1. The monoisotopic (exact) mass is 359 g/mol. The van der Waals surface area contributed by atoms with E-state index >= 15 is 0 Å². The summed E-state index contributed by atoms with van der Waals surface area (Å²) < 4.78 is 22.9. The van der Waals surface area contributed by atoms with E-state index in [0.717, 1.165) is 11.3 Å². The average molecular weight is 359 g/mol. The Balaban J connectivity index is 1.54. The van der Waals surface area contributed by atoms with Crippen molar-refractivity contribution >= 4 is 21.4 Å². The van der Waals surface area contributed by atoms with Gasteiger partial charge in [-0.1, -0.05) is 29.8 Å². The zero-order valence-electron chi connectivity index (χ0n) is 14.0. The van der Waals surface area contributed by atoms with Gasteiger partial charge in [0.2, 0.25) is 0 Å². The van der Waals surface area contributed by atoms with Crippen LogP contribution in [0.15, 0.2) is 42.6 Å². The largest absolute Gasteiger partial charge is 0.380 e. The summed E-state index contributed by atoms with van der Waals surface area (Å²) >= 11 is 0. The Morgan fingerprint density at radius 3 is 2.56 bits per heavy atom. The van der Waals surface area contributed by atoms with E-state index in [4.69, 9.17) is 0 Å². The number of benzene rings is 1. The molecule has 0 aliphatic carbocycles. The van der Waals surface area contributed by atoms with Crippen molar-refractivity contribution < 1.29 is 13.2 Å². The zero-order chi connectivity index (χ0) is 17.9. The van der Waals surface area contributed by atoms with E-state index in [2.05, 4.69) is 39.9 Å². The van der Waals surface area contributed by atoms with Crippen LogP contribution >= 0.6 is 0 Å². The van der Waals surface area contributed by atoms with E-state index in [1.807, 2.05) is 6.92 Å². The highest BCUT2D eigenvalue weighted by molar-refractivity contribution is 7.91. The molecule has 1 aliphatic heterocycles. The Kier molecular flexibility index (Phi) is 5.03. The van der Waals surface area contributed by atoms with Crippen molar-refractivity contribution in [1.29, 1.82) is 0 Å². The number of nitrogens with one attached hydrogen (secondary N) is 2. The van der Waals surface area contributed by atoms with Crippen LogP contribution in [-0.4, -0.2) is 36.9 Å². The first-order valence-electron chi connectivity index (χ1n) is 8.18. The summed E-state index contributed by atoms with van der Waals surface area (Å²) in [6, 6.07) is 11.4. The van der Waals surface area contributed by atoms with Crippen molar-refractivity contribution in [2.45, 2.75) is 25.9 Å². The fourth-order valence-electron chi connectivity index (χ4n) is 2.71. The molecule has 132 valence electrons. The normalized spacial score (nSPS) is 18.7. The van der Waals surface area contributed by atoms with Crippen LogP contribution in [0, 0.1) is 6.92 Å². The van der Waals surface area contributed by atoms with Crippen LogP contribution in [0.5, 0.6) is 0 Å². The number of pyridine rings is 1. The number of carbonyl (C=O) groups excluding carboxylic acids is 1. The maximum absolute atomic E-state index is 12.1. The van der Waals surface area contributed by atoms with Crippen molar-refractivity contribution in [3.63, 3.8) is 0 Å². The molecule has 1 saturated heterocycles. The molecule has 1 aliphatic rings. The van der Waals surface area contributed by atoms with E-state index in [9.17, 15) is 13.2 Å². The summed E-state index contributed by atoms with van der Waals surface area (Å²) in [6.45, 7) is 2.72. The minimum Gasteiger partial charge on any atom is -0.380 e. The summed E-state index contributed by atoms with van der Waals surface area (Å²) in [4.78, 5) is 16.3. The smallest absolute Gasteiger partial charge is 0.270 e. The molecule has 7 heteroatoms. The van der Waals surface area contributed by atoms with Crippen LogP contribution < -0.4 is 10.6 Å². The van der Waals surface area contributed by atoms with Crippen molar-refractivity contribution in [2.75, 3.05) is 16.8 Å². The molecule has 1 atom stereocenters. The molecular formula is C18H21N3O3S. The van der Waals surface area contributed by atoms with Crippen LogP contribution in [0.1, 0.15) is 28.0 Å². The number of sulfone groups is 1. The molecule has 1 amide bonds. The van der Waals surface area contributed by atoms with Gasteiger partial charge >= 0.3 is 0 Å². The lowest BCUT2D eigenvalue weighted by atomic mass is 10.1. The van der Waals surface area contributed by atoms with Gasteiger partial charge in [0.15, 0.2) is 9.84 Å². The summed E-state index contributed by atoms with van der Waals surface area (Å²) in [5.41, 5.74) is 3.48. The Bertz CT molecular complexity index is 846. The molecule has 6 nitrogen and oxygen atoms in total. The van der Waals surface area contributed by atoms with Crippen molar-refractivity contribution in [3.8, 4) is 0 Å². The van der Waals surface area contributed by atoms with Gasteiger partial charge in [-0.2, -0.15) is 0 Å². The second-order valence-electron chi connectivity index (χ2n) is 6.34. The number of hydrogen-bond donors (Lipinski definition) is 2. The SMILES string of the molecule is Cc1ccc(CNc2ccc(C(=O)NC3CCS(=O)(=O)C3)nc2)cc1. The minimum atomic E-state index is -3.01. The standard InChI is InChI=1S/C18H21N3O3S/c1-13-2-4-14(5-3-13)10-19-15-6-7-17(20-11-15)18(22)21-16-8-9-25(23,24)12-16/h2-7,11,16,19H,8-10,12H2,1H3,(H,21,22). The number of carbonyl (C=O) groups is 1. The Hall–Kier alpha value is -2.41. The van der Waals surface area contributed by atoms with Crippen molar-refractivity contribution in [2.24, 2.45) is 0 Å². The molecule has 1 aromatic heterocycles. The molecule has 0 saturated carbocycles. The molecule has 0 bridgehead atoms. The lowest BCUT2D eigenvalue weighted by Crippen LogP contribution is -2.36. The molecule has 3 rings (SSSR count). The molecule has 1 fully saturated rings. The van der Waals surface area contributed by atoms with E-state index < -0.39 is 9.84 Å². The third-order valence-electron chi connectivity index (χ3n) is 4.18. The van der Waals surface area contributed by atoms with E-state index in [1.54, 1.807) is 18.3 Å². The zero-order valence-corrected chi connectivity index (χ0v) is 14.8. The van der Waals surface area contributed by atoms with Crippen molar-refractivity contribution in [1.82, 2.24) is 10.3 Å². The van der Waals surface area contributed by atoms with Crippen LogP contribution in [0.4, 0.5) is 5.69 Å². The van der Waals surface area contributed by atoms with Crippen LogP contribution in [0.25, 0.3) is 0 Å². The molecule has 0 spiro atoms. The van der Waals surface area contributed by atoms with Crippen molar-refractivity contribution in [3.05, 3.63) is 59.4 Å². The maximum atomic E-state index is 12.1. The summed E-state index contributed by atoms with van der Waals surface area (Å²) in [5.74, 6) is -0.200. The predicted octanol–water partition coefficient (Wildman–Crippen LogP) is 1.92. The lowest BCUT2D eigenvalue weighted by molar-refractivity contribution is 0.0936.